The molecule has 1 saturated heterocycles. The quantitative estimate of drug-likeness (QED) is 0.678. The second-order valence-corrected chi connectivity index (χ2v) is 5.53. The van der Waals surface area contributed by atoms with Crippen LogP contribution in [0.15, 0.2) is 0 Å². The number of nitrogens with zero attached hydrogens (tertiary/aromatic N) is 1. The number of amides is 3. The second-order valence-electron chi connectivity index (χ2n) is 5.53. The summed E-state index contributed by atoms with van der Waals surface area (Å²) in [5.41, 5.74) is 4.99. The first-order chi connectivity index (χ1) is 9.31. The Morgan fingerprint density at radius 1 is 1.35 bits per heavy atom. The molecule has 7 heteroatoms. The molecular formula is C13H23N3O4. The van der Waals surface area contributed by atoms with Crippen LogP contribution in [0, 0.1) is 11.8 Å². The fourth-order valence-electron chi connectivity index (χ4n) is 2.23. The molecule has 0 aromatic heterocycles. The summed E-state index contributed by atoms with van der Waals surface area (Å²) in [7, 11) is 0. The van der Waals surface area contributed by atoms with Crippen molar-refractivity contribution in [2.75, 3.05) is 13.1 Å². The summed E-state index contributed by atoms with van der Waals surface area (Å²) in [5.74, 6) is -0.781. The van der Waals surface area contributed by atoms with Crippen molar-refractivity contribution in [3.05, 3.63) is 0 Å². The van der Waals surface area contributed by atoms with E-state index in [4.69, 9.17) is 10.8 Å². The zero-order chi connectivity index (χ0) is 15.3. The lowest BCUT2D eigenvalue weighted by Crippen LogP contribution is -2.51. The Kier molecular flexibility index (Phi) is 5.79. The summed E-state index contributed by atoms with van der Waals surface area (Å²) >= 11 is 0. The number of hydrogen-bond donors (Lipinski definition) is 3. The molecule has 1 rings (SSSR count). The van der Waals surface area contributed by atoms with Crippen LogP contribution in [0.1, 0.15) is 33.1 Å². The van der Waals surface area contributed by atoms with Crippen LogP contribution in [-0.4, -0.2) is 47.0 Å². The molecule has 1 heterocycles. The lowest BCUT2D eigenvalue weighted by atomic mass is 9.89. The van der Waals surface area contributed by atoms with Crippen LogP contribution >= 0.6 is 0 Å². The monoisotopic (exact) mass is 285 g/mol. The van der Waals surface area contributed by atoms with E-state index >= 15 is 0 Å². The predicted molar refractivity (Wildman–Crippen MR) is 72.9 cm³/mol. The van der Waals surface area contributed by atoms with Gasteiger partial charge in [-0.3, -0.25) is 4.79 Å². The van der Waals surface area contributed by atoms with E-state index in [1.807, 2.05) is 0 Å². The fraction of sp³-hybridized carbons (Fsp3) is 0.769. The molecule has 20 heavy (non-hydrogen) atoms. The summed E-state index contributed by atoms with van der Waals surface area (Å²) in [6.45, 7) is 5.47. The van der Waals surface area contributed by atoms with Gasteiger partial charge in [0.1, 0.15) is 6.04 Å². The van der Waals surface area contributed by atoms with Gasteiger partial charge < -0.3 is 21.1 Å². The van der Waals surface area contributed by atoms with Gasteiger partial charge in [0.2, 0.25) is 5.91 Å². The van der Waals surface area contributed by atoms with Crippen LogP contribution in [0.4, 0.5) is 4.79 Å². The molecule has 0 aliphatic carbocycles. The Morgan fingerprint density at radius 2 is 2.00 bits per heavy atom. The molecule has 114 valence electrons. The van der Waals surface area contributed by atoms with Crippen molar-refractivity contribution in [2.45, 2.75) is 39.2 Å². The van der Waals surface area contributed by atoms with Crippen molar-refractivity contribution in [3.63, 3.8) is 0 Å². The van der Waals surface area contributed by atoms with Gasteiger partial charge in [-0.15, -0.1) is 0 Å². The van der Waals surface area contributed by atoms with Crippen molar-refractivity contribution < 1.29 is 19.5 Å². The largest absolute Gasteiger partial charge is 0.480 e. The SMILES string of the molecule is CC1CCN(C(=O)N[C@@H](CCC(N)=O)C(=O)O)CC1C. The summed E-state index contributed by atoms with van der Waals surface area (Å²) in [6, 6.07) is -1.47. The first-order valence-electron chi connectivity index (χ1n) is 6.87. The standard InChI is InChI=1S/C13H23N3O4/c1-8-5-6-16(7-9(8)2)13(20)15-10(12(18)19)3-4-11(14)17/h8-10H,3-7H2,1-2H3,(H2,14,17)(H,15,20)(H,18,19)/t8?,9?,10-/m0/s1. The second kappa shape index (κ2) is 7.12. The van der Waals surface area contributed by atoms with Crippen molar-refractivity contribution in [1.29, 1.82) is 0 Å². The van der Waals surface area contributed by atoms with E-state index in [9.17, 15) is 14.4 Å². The summed E-state index contributed by atoms with van der Waals surface area (Å²) in [4.78, 5) is 35.4. The topological polar surface area (TPSA) is 113 Å². The average Bonchev–Trinajstić information content (AvgIpc) is 2.36. The van der Waals surface area contributed by atoms with Crippen LogP contribution < -0.4 is 11.1 Å². The lowest BCUT2D eigenvalue weighted by Gasteiger charge is -2.35. The number of hydrogen-bond acceptors (Lipinski definition) is 3. The van der Waals surface area contributed by atoms with Crippen molar-refractivity contribution in [1.82, 2.24) is 10.2 Å². The van der Waals surface area contributed by atoms with Gasteiger partial charge in [0.25, 0.3) is 0 Å². The minimum atomic E-state index is -1.15. The first-order valence-corrected chi connectivity index (χ1v) is 6.87. The van der Waals surface area contributed by atoms with E-state index in [0.717, 1.165) is 6.42 Å². The third-order valence-corrected chi connectivity index (χ3v) is 3.90. The zero-order valence-electron chi connectivity index (χ0n) is 12.0. The van der Waals surface area contributed by atoms with E-state index in [0.29, 0.717) is 24.9 Å². The maximum absolute atomic E-state index is 12.0. The summed E-state index contributed by atoms with van der Waals surface area (Å²) in [6.07, 6.45) is 0.856. The number of carbonyl (C=O) groups excluding carboxylic acids is 2. The van der Waals surface area contributed by atoms with E-state index in [1.54, 1.807) is 4.90 Å². The Bertz CT molecular complexity index is 386. The number of carbonyl (C=O) groups is 3. The highest BCUT2D eigenvalue weighted by Gasteiger charge is 2.28. The zero-order valence-corrected chi connectivity index (χ0v) is 12.0. The highest BCUT2D eigenvalue weighted by atomic mass is 16.4. The van der Waals surface area contributed by atoms with Gasteiger partial charge in [-0.1, -0.05) is 13.8 Å². The number of carboxylic acid groups (broad SMARTS) is 1. The predicted octanol–water partition coefficient (Wildman–Crippen LogP) is 0.393. The third kappa shape index (κ3) is 4.71. The Hall–Kier alpha value is -1.79. The molecule has 0 aromatic carbocycles. The fourth-order valence-corrected chi connectivity index (χ4v) is 2.23. The number of piperidine rings is 1. The number of nitrogens with two attached hydrogens (primary N) is 1. The molecule has 0 aromatic rings. The molecule has 0 radical (unpaired) electrons. The van der Waals surface area contributed by atoms with Gasteiger partial charge in [-0.05, 0) is 24.7 Å². The molecule has 1 aliphatic rings. The van der Waals surface area contributed by atoms with Crippen LogP contribution in [0.2, 0.25) is 0 Å². The molecule has 0 saturated carbocycles. The van der Waals surface area contributed by atoms with Gasteiger partial charge in [-0.2, -0.15) is 0 Å². The number of rotatable bonds is 5. The van der Waals surface area contributed by atoms with E-state index in [1.165, 1.54) is 0 Å². The summed E-state index contributed by atoms with van der Waals surface area (Å²) < 4.78 is 0. The highest BCUT2D eigenvalue weighted by molar-refractivity contribution is 5.83. The minimum absolute atomic E-state index is 0.0101. The van der Waals surface area contributed by atoms with Crippen LogP contribution in [0.25, 0.3) is 0 Å². The number of carboxylic acids is 1. The van der Waals surface area contributed by atoms with Gasteiger partial charge in [0, 0.05) is 19.5 Å². The van der Waals surface area contributed by atoms with Crippen molar-refractivity contribution in [2.24, 2.45) is 17.6 Å². The molecule has 7 nitrogen and oxygen atoms in total. The van der Waals surface area contributed by atoms with Gasteiger partial charge in [0.05, 0.1) is 0 Å². The van der Waals surface area contributed by atoms with Gasteiger partial charge in [0.15, 0.2) is 0 Å². The number of urea groups is 1. The maximum Gasteiger partial charge on any atom is 0.326 e. The number of nitrogens with one attached hydrogen (secondary N) is 1. The molecule has 0 spiro atoms. The molecular weight excluding hydrogens is 262 g/mol. The minimum Gasteiger partial charge on any atom is -0.480 e. The first kappa shape index (κ1) is 16.3. The highest BCUT2D eigenvalue weighted by Crippen LogP contribution is 2.22. The maximum atomic E-state index is 12.0. The molecule has 2 unspecified atom stereocenters. The van der Waals surface area contributed by atoms with Crippen molar-refractivity contribution >= 4 is 17.9 Å². The molecule has 1 aliphatic heterocycles. The van der Waals surface area contributed by atoms with E-state index in [-0.39, 0.29) is 18.9 Å². The molecule has 0 bridgehead atoms. The Labute approximate surface area is 118 Å². The number of primary amides is 1. The lowest BCUT2D eigenvalue weighted by molar-refractivity contribution is -0.139. The van der Waals surface area contributed by atoms with Crippen LogP contribution in [-0.2, 0) is 9.59 Å². The average molecular weight is 285 g/mol. The summed E-state index contributed by atoms with van der Waals surface area (Å²) in [5, 5.41) is 11.5. The van der Waals surface area contributed by atoms with Crippen molar-refractivity contribution in [3.8, 4) is 0 Å². The molecule has 3 atom stereocenters. The van der Waals surface area contributed by atoms with Crippen LogP contribution in [0.3, 0.4) is 0 Å². The van der Waals surface area contributed by atoms with Gasteiger partial charge in [-0.25, -0.2) is 9.59 Å². The van der Waals surface area contributed by atoms with E-state index in [2.05, 4.69) is 19.2 Å². The van der Waals surface area contributed by atoms with Gasteiger partial charge >= 0.3 is 12.0 Å². The normalized spacial score (nSPS) is 24.0. The third-order valence-electron chi connectivity index (χ3n) is 3.90. The number of likely N-dealkylation sites (tertiary alicyclic amines) is 1. The molecule has 4 N–H and O–H groups in total. The number of aliphatic carboxylic acids is 1. The molecule has 3 amide bonds. The molecule has 1 fully saturated rings. The Morgan fingerprint density at radius 3 is 2.50 bits per heavy atom. The van der Waals surface area contributed by atoms with Crippen LogP contribution in [0.5, 0.6) is 0 Å². The Balaban J connectivity index is 2.53. The smallest absolute Gasteiger partial charge is 0.326 e. The van der Waals surface area contributed by atoms with E-state index < -0.39 is 17.9 Å².